The van der Waals surface area contributed by atoms with E-state index in [1.54, 1.807) is 12.3 Å². The number of halogens is 3. The zero-order valence-electron chi connectivity index (χ0n) is 20.7. The van der Waals surface area contributed by atoms with Crippen molar-refractivity contribution in [2.75, 3.05) is 6.26 Å². The largest absolute Gasteiger partial charge is 0.423 e. The highest BCUT2D eigenvalue weighted by atomic mass is 35.5. The molecule has 1 aromatic carbocycles. The van der Waals surface area contributed by atoms with Crippen molar-refractivity contribution in [3.8, 4) is 22.8 Å². The van der Waals surface area contributed by atoms with Crippen LogP contribution in [0.25, 0.3) is 22.8 Å². The van der Waals surface area contributed by atoms with E-state index < -0.39 is 26.9 Å². The van der Waals surface area contributed by atoms with Gasteiger partial charge in [-0.2, -0.15) is 5.10 Å². The van der Waals surface area contributed by atoms with Gasteiger partial charge in [-0.25, -0.2) is 27.2 Å². The molecule has 8 nitrogen and oxygen atoms in total. The molecule has 1 saturated carbocycles. The summed E-state index contributed by atoms with van der Waals surface area (Å²) in [5, 5.41) is 8.65. The summed E-state index contributed by atoms with van der Waals surface area (Å²) in [6.07, 6.45) is 5.76. The molecule has 4 aromatic rings. The van der Waals surface area contributed by atoms with Gasteiger partial charge in [-0.05, 0) is 59.5 Å². The molecule has 12 heteroatoms. The molecule has 2 aliphatic rings. The zero-order chi connectivity index (χ0) is 27.0. The van der Waals surface area contributed by atoms with E-state index in [4.69, 9.17) is 21.0 Å². The maximum absolute atomic E-state index is 14.5. The topological polar surface area (TPSA) is 112 Å². The lowest BCUT2D eigenvalue weighted by molar-refractivity contribution is 0.242. The maximum atomic E-state index is 14.5. The Hall–Kier alpha value is -3.31. The first-order valence-electron chi connectivity index (χ1n) is 11.9. The van der Waals surface area contributed by atoms with E-state index >= 15 is 0 Å². The Bertz CT molecular complexity index is 1710. The molecule has 0 saturated heterocycles. The summed E-state index contributed by atoms with van der Waals surface area (Å²) in [6, 6.07) is 5.44. The quantitative estimate of drug-likeness (QED) is 0.326. The Morgan fingerprint density at radius 2 is 1.84 bits per heavy atom. The molecule has 3 heterocycles. The van der Waals surface area contributed by atoms with Crippen molar-refractivity contribution in [2.45, 2.75) is 43.8 Å². The van der Waals surface area contributed by atoms with Crippen LogP contribution in [-0.4, -0.2) is 39.8 Å². The minimum atomic E-state index is -3.38. The number of rotatable bonds is 5. The average Bonchev–Trinajstić information content (AvgIpc) is 3.41. The molecule has 0 unspecified atom stereocenters. The highest BCUT2D eigenvalue weighted by Gasteiger charge is 2.65. The fourth-order valence-corrected chi connectivity index (χ4v) is 7.17. The van der Waals surface area contributed by atoms with Crippen LogP contribution in [0.15, 0.2) is 41.1 Å². The van der Waals surface area contributed by atoms with Crippen LogP contribution in [0.4, 0.5) is 8.78 Å². The normalized spacial score (nSPS) is 21.6. The minimum absolute atomic E-state index is 0.0569. The molecule has 2 aliphatic carbocycles. The molecule has 0 N–H and O–H groups in total. The molecular formula is C26H22ClF2N5O3S. The van der Waals surface area contributed by atoms with Crippen LogP contribution in [0.3, 0.4) is 0 Å². The second-order valence-corrected chi connectivity index (χ2v) is 12.9. The third-order valence-electron chi connectivity index (χ3n) is 7.94. The van der Waals surface area contributed by atoms with Gasteiger partial charge < -0.3 is 4.42 Å². The fourth-order valence-electron chi connectivity index (χ4n) is 6.21. The van der Waals surface area contributed by atoms with Crippen molar-refractivity contribution in [1.29, 1.82) is 0 Å². The van der Waals surface area contributed by atoms with Gasteiger partial charge in [-0.1, -0.05) is 19.9 Å². The van der Waals surface area contributed by atoms with Crippen LogP contribution in [0.2, 0.25) is 5.22 Å². The van der Waals surface area contributed by atoms with E-state index in [1.165, 1.54) is 24.4 Å². The number of hydrogen-bond donors (Lipinski definition) is 0. The van der Waals surface area contributed by atoms with Gasteiger partial charge in [0.05, 0.1) is 40.0 Å². The Kier molecular flexibility index (Phi) is 5.49. The Morgan fingerprint density at radius 1 is 1.11 bits per heavy atom. The zero-order valence-corrected chi connectivity index (χ0v) is 22.2. The van der Waals surface area contributed by atoms with Crippen LogP contribution in [-0.2, 0) is 21.0 Å². The number of aromatic nitrogens is 5. The third kappa shape index (κ3) is 3.59. The van der Waals surface area contributed by atoms with Gasteiger partial charge in [-0.3, -0.25) is 4.98 Å². The Labute approximate surface area is 222 Å². The number of hydrogen-bond acceptors (Lipinski definition) is 8. The summed E-state index contributed by atoms with van der Waals surface area (Å²) >= 11 is 6.12. The first kappa shape index (κ1) is 25.0. The van der Waals surface area contributed by atoms with Crippen molar-refractivity contribution in [3.05, 3.63) is 76.2 Å². The highest BCUT2D eigenvalue weighted by Crippen LogP contribution is 2.69. The molecule has 3 aromatic heterocycles. The summed E-state index contributed by atoms with van der Waals surface area (Å²) in [5.41, 5.74) is 1.52. The second-order valence-electron chi connectivity index (χ2n) is 10.4. The summed E-state index contributed by atoms with van der Waals surface area (Å²) in [5.74, 6) is -1.65. The monoisotopic (exact) mass is 557 g/mol. The van der Waals surface area contributed by atoms with Crippen molar-refractivity contribution in [3.63, 3.8) is 0 Å². The standard InChI is InChI=1S/C26H22ClF2N5O3S/c1-25(2)14-7-8-26(25,22-13(14)9-17(33-34-22)21-15(28)5-4-6-16(21)29)20-11-30-10-18(31-20)24-32-19(23(27)37-24)12-38(3,35)36/h4-6,9-11,14H,7-8,12H2,1-3H3/t14-,26-/m0/s1. The molecule has 0 spiro atoms. The molecule has 0 amide bonds. The summed E-state index contributed by atoms with van der Waals surface area (Å²) in [7, 11) is -3.38. The SMILES string of the molecule is CC1(C)[C@H]2CC[C@]1(c1cncc(-c3nc(CS(C)(=O)=O)c(Cl)o3)n1)c1nnc(-c3c(F)cccc3F)cc12. The number of benzene rings is 1. The molecule has 38 heavy (non-hydrogen) atoms. The molecule has 2 bridgehead atoms. The van der Waals surface area contributed by atoms with Gasteiger partial charge in [0.2, 0.25) is 11.1 Å². The van der Waals surface area contributed by atoms with Crippen molar-refractivity contribution in [2.24, 2.45) is 5.41 Å². The molecule has 2 atom stereocenters. The van der Waals surface area contributed by atoms with Gasteiger partial charge in [0.15, 0.2) is 9.84 Å². The molecule has 1 fully saturated rings. The summed E-state index contributed by atoms with van der Waals surface area (Å²) in [4.78, 5) is 13.5. The fraction of sp³-hybridized carbons (Fsp3) is 0.346. The lowest BCUT2D eigenvalue weighted by atomic mass is 9.66. The molecule has 0 aliphatic heterocycles. The molecule has 196 valence electrons. The van der Waals surface area contributed by atoms with E-state index in [0.29, 0.717) is 17.1 Å². The molecular weight excluding hydrogens is 536 g/mol. The average molecular weight is 558 g/mol. The first-order chi connectivity index (χ1) is 17.9. The van der Waals surface area contributed by atoms with Gasteiger partial charge in [0.25, 0.3) is 0 Å². The highest BCUT2D eigenvalue weighted by molar-refractivity contribution is 7.89. The number of nitrogens with zero attached hydrogens (tertiary/aromatic N) is 5. The van der Waals surface area contributed by atoms with Crippen molar-refractivity contribution < 1.29 is 21.6 Å². The summed E-state index contributed by atoms with van der Waals surface area (Å²) in [6.45, 7) is 4.24. The lowest BCUT2D eigenvalue weighted by Gasteiger charge is -2.37. The van der Waals surface area contributed by atoms with E-state index in [9.17, 15) is 17.2 Å². The molecule has 6 rings (SSSR count). The van der Waals surface area contributed by atoms with Crippen LogP contribution in [0.1, 0.15) is 55.3 Å². The van der Waals surface area contributed by atoms with E-state index in [1.807, 2.05) is 0 Å². The number of fused-ring (bicyclic) bond motifs is 5. The minimum Gasteiger partial charge on any atom is -0.423 e. The van der Waals surface area contributed by atoms with Crippen molar-refractivity contribution in [1.82, 2.24) is 25.1 Å². The predicted molar refractivity (Wildman–Crippen MR) is 135 cm³/mol. The van der Waals surface area contributed by atoms with Gasteiger partial charge in [0, 0.05) is 12.5 Å². The van der Waals surface area contributed by atoms with E-state index in [0.717, 1.165) is 24.7 Å². The van der Waals surface area contributed by atoms with Gasteiger partial charge in [-0.15, -0.1) is 5.10 Å². The second kappa shape index (κ2) is 8.34. The summed E-state index contributed by atoms with van der Waals surface area (Å²) < 4.78 is 58.0. The van der Waals surface area contributed by atoms with E-state index in [2.05, 4.69) is 34.0 Å². The number of oxazole rings is 1. The predicted octanol–water partition coefficient (Wildman–Crippen LogP) is 5.27. The smallest absolute Gasteiger partial charge is 0.248 e. The van der Waals surface area contributed by atoms with Gasteiger partial charge >= 0.3 is 0 Å². The Balaban J connectivity index is 1.46. The number of sulfone groups is 1. The molecule has 0 radical (unpaired) electrons. The third-order valence-corrected chi connectivity index (χ3v) is 9.03. The maximum Gasteiger partial charge on any atom is 0.248 e. The van der Waals surface area contributed by atoms with Crippen molar-refractivity contribution >= 4 is 21.4 Å². The van der Waals surface area contributed by atoms with Crippen LogP contribution >= 0.6 is 11.6 Å². The van der Waals surface area contributed by atoms with Crippen LogP contribution in [0, 0.1) is 17.0 Å². The van der Waals surface area contributed by atoms with E-state index in [-0.39, 0.29) is 45.1 Å². The first-order valence-corrected chi connectivity index (χ1v) is 14.3. The van der Waals surface area contributed by atoms with Crippen LogP contribution < -0.4 is 0 Å². The Morgan fingerprint density at radius 3 is 2.55 bits per heavy atom. The lowest BCUT2D eigenvalue weighted by Crippen LogP contribution is -2.38. The van der Waals surface area contributed by atoms with Crippen LogP contribution in [0.5, 0.6) is 0 Å². The van der Waals surface area contributed by atoms with Gasteiger partial charge in [0.1, 0.15) is 23.0 Å².